The highest BCUT2D eigenvalue weighted by Gasteiger charge is 2.21. The summed E-state index contributed by atoms with van der Waals surface area (Å²) < 4.78 is 1.59. The van der Waals surface area contributed by atoms with E-state index in [0.29, 0.717) is 23.7 Å². The zero-order valence-electron chi connectivity index (χ0n) is 21.1. The van der Waals surface area contributed by atoms with Crippen LogP contribution in [0.4, 0.5) is 17.2 Å². The number of pyridine rings is 1. The predicted octanol–water partition coefficient (Wildman–Crippen LogP) is 4.76. The van der Waals surface area contributed by atoms with Gasteiger partial charge in [-0.25, -0.2) is 4.68 Å². The largest absolute Gasteiger partial charge is 0.338 e. The van der Waals surface area contributed by atoms with Crippen molar-refractivity contribution in [3.05, 3.63) is 89.0 Å². The van der Waals surface area contributed by atoms with Crippen LogP contribution in [0.3, 0.4) is 0 Å². The van der Waals surface area contributed by atoms with E-state index in [1.807, 2.05) is 48.5 Å². The molecule has 0 aliphatic carbocycles. The summed E-state index contributed by atoms with van der Waals surface area (Å²) in [5.41, 5.74) is 2.96. The Morgan fingerprint density at radius 1 is 0.946 bits per heavy atom. The number of aryl methyl sites for hydroxylation is 1. The number of hydrogen-bond donors (Lipinski definition) is 2. The third-order valence-electron chi connectivity index (χ3n) is 6.92. The van der Waals surface area contributed by atoms with Crippen molar-refractivity contribution in [3.63, 3.8) is 0 Å². The summed E-state index contributed by atoms with van der Waals surface area (Å²) >= 11 is 0. The molecule has 5 rings (SSSR count). The van der Waals surface area contributed by atoms with Gasteiger partial charge in [0.1, 0.15) is 0 Å². The average molecular weight is 497 g/mol. The van der Waals surface area contributed by atoms with Crippen molar-refractivity contribution < 1.29 is 4.79 Å². The van der Waals surface area contributed by atoms with Crippen LogP contribution >= 0.6 is 0 Å². The van der Waals surface area contributed by atoms with Crippen LogP contribution in [0.2, 0.25) is 0 Å². The predicted molar refractivity (Wildman–Crippen MR) is 147 cm³/mol. The number of fused-ring (bicyclic) bond motifs is 1. The molecule has 0 saturated carbocycles. The number of benzene rings is 2. The molecule has 2 N–H and O–H groups in total. The molecule has 1 aliphatic rings. The van der Waals surface area contributed by atoms with Gasteiger partial charge in [0.05, 0.1) is 5.39 Å². The lowest BCUT2D eigenvalue weighted by Crippen LogP contribution is -2.34. The lowest BCUT2D eigenvalue weighted by atomic mass is 9.89. The summed E-state index contributed by atoms with van der Waals surface area (Å²) in [6.07, 6.45) is 6.46. The zero-order valence-corrected chi connectivity index (χ0v) is 21.1. The molecule has 0 atom stereocenters. The minimum Gasteiger partial charge on any atom is -0.338 e. The molecule has 0 bridgehead atoms. The van der Waals surface area contributed by atoms with E-state index in [2.05, 4.69) is 37.7 Å². The van der Waals surface area contributed by atoms with Gasteiger partial charge in [0.2, 0.25) is 5.91 Å². The highest BCUT2D eigenvalue weighted by atomic mass is 16.1. The maximum Gasteiger partial charge on any atom is 0.274 e. The number of nitrogens with zero attached hydrogens (tertiary/aromatic N) is 4. The zero-order chi connectivity index (χ0) is 25.6. The molecule has 8 nitrogen and oxygen atoms in total. The Labute approximate surface area is 216 Å². The number of aromatic nitrogens is 3. The molecule has 190 valence electrons. The third-order valence-corrected chi connectivity index (χ3v) is 6.92. The maximum absolute atomic E-state index is 13.1. The Kier molecular flexibility index (Phi) is 7.56. The number of piperidine rings is 1. The number of carbonyl (C=O) groups is 1. The first-order valence-electron chi connectivity index (χ1n) is 12.8. The number of hydrogen-bond acceptors (Lipinski definition) is 6. The van der Waals surface area contributed by atoms with Crippen LogP contribution in [0, 0.1) is 0 Å². The van der Waals surface area contributed by atoms with Crippen LogP contribution in [0.25, 0.3) is 10.8 Å². The molecule has 8 heteroatoms. The fraction of sp³-hybridized carbons (Fsp3) is 0.310. The van der Waals surface area contributed by atoms with E-state index in [-0.39, 0.29) is 11.5 Å². The lowest BCUT2D eigenvalue weighted by Gasteiger charge is -2.32. The molecule has 37 heavy (non-hydrogen) atoms. The van der Waals surface area contributed by atoms with Crippen LogP contribution < -0.4 is 16.2 Å². The third kappa shape index (κ3) is 6.03. The Hall–Kier alpha value is -4.04. The summed E-state index contributed by atoms with van der Waals surface area (Å²) in [5, 5.41) is 12.4. The molecule has 0 radical (unpaired) electrons. The van der Waals surface area contributed by atoms with Crippen molar-refractivity contribution in [3.8, 4) is 0 Å². The van der Waals surface area contributed by atoms with Crippen LogP contribution in [0.5, 0.6) is 0 Å². The molecular formula is C29H32N6O2. The first-order valence-corrected chi connectivity index (χ1v) is 12.8. The van der Waals surface area contributed by atoms with E-state index < -0.39 is 0 Å². The minimum atomic E-state index is -0.0614. The standard InChI is InChI=1S/C29H32N6O2/c1-21(36)31-25-7-4-6-23(20-25)22-12-18-34(19-13-22)16-5-17-35-29(37)27-9-3-2-8-26(27)28(33-35)32-24-10-14-30-15-11-24/h2-4,6-11,14-15,20,22H,5,12-13,16-19H2,1H3,(H,31,36)(H,30,32,33). The normalized spacial score (nSPS) is 14.5. The number of rotatable bonds is 8. The van der Waals surface area contributed by atoms with Gasteiger partial charge in [-0.15, -0.1) is 0 Å². The smallest absolute Gasteiger partial charge is 0.274 e. The molecule has 2 aromatic carbocycles. The van der Waals surface area contributed by atoms with Crippen LogP contribution in [-0.2, 0) is 11.3 Å². The van der Waals surface area contributed by atoms with E-state index in [1.54, 1.807) is 17.1 Å². The van der Waals surface area contributed by atoms with Gasteiger partial charge in [-0.3, -0.25) is 14.6 Å². The number of amides is 1. The fourth-order valence-electron chi connectivity index (χ4n) is 5.06. The Balaban J connectivity index is 1.20. The molecule has 4 aromatic rings. The van der Waals surface area contributed by atoms with E-state index in [1.165, 1.54) is 12.5 Å². The molecule has 1 amide bonds. The summed E-state index contributed by atoms with van der Waals surface area (Å²) in [7, 11) is 0. The Morgan fingerprint density at radius 3 is 2.46 bits per heavy atom. The van der Waals surface area contributed by atoms with Crippen LogP contribution in [-0.4, -0.2) is 45.2 Å². The topological polar surface area (TPSA) is 92.2 Å². The molecule has 2 aromatic heterocycles. The SMILES string of the molecule is CC(=O)Nc1cccc(C2CCN(CCCn3nc(Nc4ccncc4)c4ccccc4c3=O)CC2)c1. The Bertz CT molecular complexity index is 1430. The number of anilines is 3. The molecule has 3 heterocycles. The summed E-state index contributed by atoms with van der Waals surface area (Å²) in [6, 6.07) is 19.5. The van der Waals surface area contributed by atoms with E-state index in [4.69, 9.17) is 0 Å². The van der Waals surface area contributed by atoms with E-state index >= 15 is 0 Å². The van der Waals surface area contributed by atoms with Crippen molar-refractivity contribution in [2.24, 2.45) is 0 Å². The van der Waals surface area contributed by atoms with Crippen LogP contribution in [0.1, 0.15) is 37.7 Å². The molecule has 1 saturated heterocycles. The lowest BCUT2D eigenvalue weighted by molar-refractivity contribution is -0.114. The maximum atomic E-state index is 13.1. The van der Waals surface area contributed by atoms with E-state index in [9.17, 15) is 9.59 Å². The van der Waals surface area contributed by atoms with Crippen molar-refractivity contribution in [2.45, 2.75) is 38.6 Å². The summed E-state index contributed by atoms with van der Waals surface area (Å²) in [5.74, 6) is 1.12. The first-order chi connectivity index (χ1) is 18.1. The Morgan fingerprint density at radius 2 is 1.70 bits per heavy atom. The van der Waals surface area contributed by atoms with Gasteiger partial charge in [-0.1, -0.05) is 30.3 Å². The second-order valence-corrected chi connectivity index (χ2v) is 9.56. The highest BCUT2D eigenvalue weighted by Crippen LogP contribution is 2.29. The second kappa shape index (κ2) is 11.3. The second-order valence-electron chi connectivity index (χ2n) is 9.56. The minimum absolute atomic E-state index is 0.0488. The van der Waals surface area contributed by atoms with Crippen molar-refractivity contribution in [2.75, 3.05) is 30.3 Å². The van der Waals surface area contributed by atoms with Gasteiger partial charge in [-0.05, 0) is 80.7 Å². The van der Waals surface area contributed by atoms with Crippen molar-refractivity contribution in [1.82, 2.24) is 19.7 Å². The van der Waals surface area contributed by atoms with Gasteiger partial charge in [0.25, 0.3) is 5.56 Å². The van der Waals surface area contributed by atoms with Gasteiger partial charge in [0, 0.05) is 42.6 Å². The molecule has 0 spiro atoms. The van der Waals surface area contributed by atoms with E-state index in [0.717, 1.165) is 55.7 Å². The van der Waals surface area contributed by atoms with Crippen LogP contribution in [0.15, 0.2) is 77.9 Å². The number of likely N-dealkylation sites (tertiary alicyclic amines) is 1. The van der Waals surface area contributed by atoms with Gasteiger partial charge in [0.15, 0.2) is 5.82 Å². The van der Waals surface area contributed by atoms with Gasteiger partial charge >= 0.3 is 0 Å². The summed E-state index contributed by atoms with van der Waals surface area (Å²) in [4.78, 5) is 31.1. The number of nitrogens with one attached hydrogen (secondary N) is 2. The van der Waals surface area contributed by atoms with Gasteiger partial charge in [-0.2, -0.15) is 5.10 Å². The van der Waals surface area contributed by atoms with Crippen molar-refractivity contribution >= 4 is 33.9 Å². The highest BCUT2D eigenvalue weighted by molar-refractivity contribution is 5.92. The average Bonchev–Trinajstić information content (AvgIpc) is 2.92. The molecular weight excluding hydrogens is 464 g/mol. The van der Waals surface area contributed by atoms with Gasteiger partial charge < -0.3 is 15.5 Å². The monoisotopic (exact) mass is 496 g/mol. The molecule has 1 aliphatic heterocycles. The van der Waals surface area contributed by atoms with Crippen molar-refractivity contribution in [1.29, 1.82) is 0 Å². The quantitative estimate of drug-likeness (QED) is 0.365. The fourth-order valence-corrected chi connectivity index (χ4v) is 5.06. The molecule has 0 unspecified atom stereocenters. The number of carbonyl (C=O) groups excluding carboxylic acids is 1. The summed E-state index contributed by atoms with van der Waals surface area (Å²) in [6.45, 7) is 5.05. The first kappa shape index (κ1) is 24.6. The molecule has 1 fully saturated rings.